The van der Waals surface area contributed by atoms with E-state index >= 15 is 0 Å². The number of aryl methyl sites for hydroxylation is 1. The summed E-state index contributed by atoms with van der Waals surface area (Å²) in [5.74, 6) is -0.261. The third-order valence-corrected chi connectivity index (χ3v) is 5.04. The number of benzene rings is 2. The largest absolute Gasteiger partial charge is 0.425 e. The Hall–Kier alpha value is -1.98. The maximum Gasteiger partial charge on any atom is 0.291 e. The Morgan fingerprint density at radius 2 is 1.85 bits per heavy atom. The minimum atomic E-state index is -1.79. The lowest BCUT2D eigenvalue weighted by molar-refractivity contribution is 0.578. The molecule has 0 aliphatic heterocycles. The van der Waals surface area contributed by atoms with Crippen molar-refractivity contribution in [2.45, 2.75) is 6.04 Å². The average molecular weight is 285 g/mol. The molecule has 0 unspecified atom stereocenters. The zero-order valence-corrected chi connectivity index (χ0v) is 12.0. The average Bonchev–Trinajstić information content (AvgIpc) is 2.79. The first-order valence-corrected chi connectivity index (χ1v) is 8.01. The Labute approximate surface area is 118 Å². The Balaban J connectivity index is 1.90. The zero-order valence-electron chi connectivity index (χ0n) is 11.0. The lowest BCUT2D eigenvalue weighted by Gasteiger charge is -2.08. The van der Waals surface area contributed by atoms with E-state index in [1.165, 1.54) is 12.1 Å². The van der Waals surface area contributed by atoms with Gasteiger partial charge in [-0.25, -0.2) is 9.37 Å². The second kappa shape index (κ2) is 5.18. The van der Waals surface area contributed by atoms with Crippen LogP contribution in [0.2, 0.25) is 0 Å². The number of rotatable bonds is 3. The smallest absolute Gasteiger partial charge is 0.291 e. The van der Waals surface area contributed by atoms with Gasteiger partial charge in [0.2, 0.25) is 0 Å². The molecule has 101 valence electrons. The molecule has 2 aromatic carbocycles. The lowest BCUT2D eigenvalue weighted by atomic mass is 10.2. The van der Waals surface area contributed by atoms with Gasteiger partial charge in [-0.15, -0.1) is 0 Å². The van der Waals surface area contributed by atoms with Crippen molar-refractivity contribution in [3.63, 3.8) is 0 Å². The van der Waals surface area contributed by atoms with E-state index in [2.05, 4.69) is 4.98 Å². The van der Waals surface area contributed by atoms with E-state index in [0.717, 1.165) is 22.0 Å². The van der Waals surface area contributed by atoms with E-state index < -0.39 is 9.04 Å². The molecule has 1 aromatic heterocycles. The maximum atomic E-state index is 12.9. The summed E-state index contributed by atoms with van der Waals surface area (Å²) in [5.41, 5.74) is 3.55. The SMILES string of the molecule is Cn1c([Si](O)Cc2ccc(F)cc2)nc2ccccc21. The van der Waals surface area contributed by atoms with Crippen molar-refractivity contribution in [1.82, 2.24) is 9.55 Å². The van der Waals surface area contributed by atoms with Gasteiger partial charge in [0.15, 0.2) is 0 Å². The van der Waals surface area contributed by atoms with Gasteiger partial charge >= 0.3 is 0 Å². The summed E-state index contributed by atoms with van der Waals surface area (Å²) in [4.78, 5) is 15.0. The molecule has 1 N–H and O–H groups in total. The minimum Gasteiger partial charge on any atom is -0.425 e. The van der Waals surface area contributed by atoms with Crippen molar-refractivity contribution in [1.29, 1.82) is 0 Å². The summed E-state index contributed by atoms with van der Waals surface area (Å²) in [6.45, 7) is 0. The molecule has 0 bridgehead atoms. The van der Waals surface area contributed by atoms with Gasteiger partial charge in [0.05, 0.1) is 11.0 Å². The van der Waals surface area contributed by atoms with Crippen LogP contribution in [-0.2, 0) is 13.1 Å². The van der Waals surface area contributed by atoms with Crippen LogP contribution in [0.25, 0.3) is 11.0 Å². The van der Waals surface area contributed by atoms with Crippen LogP contribution in [0.1, 0.15) is 5.56 Å². The van der Waals surface area contributed by atoms with E-state index in [0.29, 0.717) is 6.04 Å². The van der Waals surface area contributed by atoms with Gasteiger partial charge in [0, 0.05) is 7.05 Å². The molecule has 3 rings (SSSR count). The molecule has 1 radical (unpaired) electrons. The molecule has 3 nitrogen and oxygen atoms in total. The normalized spacial score (nSPS) is 11.4. The van der Waals surface area contributed by atoms with Gasteiger partial charge in [0.1, 0.15) is 11.3 Å². The van der Waals surface area contributed by atoms with Crippen molar-refractivity contribution in [3.05, 3.63) is 59.9 Å². The standard InChI is InChI=1S/C15H14FN2OSi/c1-18-14-5-3-2-4-13(14)17-15(18)20(19)10-11-6-8-12(16)9-7-11/h2-9,19H,10H2,1H3. The van der Waals surface area contributed by atoms with Gasteiger partial charge in [-0.3, -0.25) is 0 Å². The highest BCUT2D eigenvalue weighted by Crippen LogP contribution is 2.10. The predicted octanol–water partition coefficient (Wildman–Crippen LogP) is 1.69. The first kappa shape index (κ1) is 13.0. The molecular formula is C15H14FN2OSi. The highest BCUT2D eigenvalue weighted by molar-refractivity contribution is 6.64. The summed E-state index contributed by atoms with van der Waals surface area (Å²) >= 11 is 0. The van der Waals surface area contributed by atoms with Crippen molar-refractivity contribution in [2.75, 3.05) is 0 Å². The maximum absolute atomic E-state index is 12.9. The highest BCUT2D eigenvalue weighted by Gasteiger charge is 2.20. The minimum absolute atomic E-state index is 0.261. The number of aromatic nitrogens is 2. The molecule has 0 saturated heterocycles. The van der Waals surface area contributed by atoms with E-state index in [-0.39, 0.29) is 5.82 Å². The fraction of sp³-hybridized carbons (Fsp3) is 0.133. The van der Waals surface area contributed by atoms with Crippen LogP contribution in [0.4, 0.5) is 4.39 Å². The van der Waals surface area contributed by atoms with Crippen molar-refractivity contribution >= 4 is 25.5 Å². The van der Waals surface area contributed by atoms with Crippen LogP contribution < -0.4 is 5.45 Å². The van der Waals surface area contributed by atoms with Crippen LogP contribution in [0.3, 0.4) is 0 Å². The summed E-state index contributed by atoms with van der Waals surface area (Å²) in [7, 11) is 0.119. The number of hydrogen-bond donors (Lipinski definition) is 1. The van der Waals surface area contributed by atoms with Crippen LogP contribution in [-0.4, -0.2) is 23.4 Å². The third kappa shape index (κ3) is 2.37. The second-order valence-corrected chi connectivity index (χ2v) is 6.43. The van der Waals surface area contributed by atoms with E-state index in [4.69, 9.17) is 0 Å². The molecule has 0 atom stereocenters. The van der Waals surface area contributed by atoms with Crippen LogP contribution >= 0.6 is 0 Å². The molecule has 20 heavy (non-hydrogen) atoms. The van der Waals surface area contributed by atoms with Gasteiger partial charge in [-0.05, 0) is 35.9 Å². The van der Waals surface area contributed by atoms with Gasteiger partial charge < -0.3 is 9.36 Å². The van der Waals surface area contributed by atoms with Gasteiger partial charge in [-0.2, -0.15) is 0 Å². The molecule has 3 aromatic rings. The first-order chi connectivity index (χ1) is 9.65. The predicted molar refractivity (Wildman–Crippen MR) is 78.4 cm³/mol. The second-order valence-electron chi connectivity index (χ2n) is 4.73. The number of para-hydroxylation sites is 2. The number of hydrogen-bond acceptors (Lipinski definition) is 2. The molecule has 5 heteroatoms. The van der Waals surface area contributed by atoms with Crippen LogP contribution in [0, 0.1) is 5.82 Å². The Morgan fingerprint density at radius 1 is 1.15 bits per heavy atom. The van der Waals surface area contributed by atoms with Gasteiger partial charge in [-0.1, -0.05) is 24.3 Å². The number of nitrogens with zero attached hydrogens (tertiary/aromatic N) is 2. The summed E-state index contributed by atoms with van der Waals surface area (Å²) in [6.07, 6.45) is 0. The Kier molecular flexibility index (Phi) is 3.38. The molecule has 1 heterocycles. The Morgan fingerprint density at radius 3 is 2.55 bits per heavy atom. The van der Waals surface area contributed by atoms with Crippen LogP contribution in [0.15, 0.2) is 48.5 Å². The lowest BCUT2D eigenvalue weighted by Crippen LogP contribution is -2.39. The molecule has 0 aliphatic rings. The molecule has 0 saturated carbocycles. The summed E-state index contributed by atoms with van der Waals surface area (Å²) in [6, 6.07) is 14.6. The fourth-order valence-corrected chi connectivity index (χ4v) is 3.82. The summed E-state index contributed by atoms with van der Waals surface area (Å²) in [5, 5.41) is 0. The summed E-state index contributed by atoms with van der Waals surface area (Å²) < 4.78 is 14.8. The fourth-order valence-electron chi connectivity index (χ4n) is 2.28. The first-order valence-electron chi connectivity index (χ1n) is 6.36. The van der Waals surface area contributed by atoms with Crippen LogP contribution in [0.5, 0.6) is 0 Å². The number of halogens is 1. The van der Waals surface area contributed by atoms with Gasteiger partial charge in [0.25, 0.3) is 9.04 Å². The highest BCUT2D eigenvalue weighted by atomic mass is 28.3. The van der Waals surface area contributed by atoms with Crippen molar-refractivity contribution < 1.29 is 9.19 Å². The monoisotopic (exact) mass is 285 g/mol. The molecular weight excluding hydrogens is 271 g/mol. The van der Waals surface area contributed by atoms with Crippen molar-refractivity contribution in [3.8, 4) is 0 Å². The van der Waals surface area contributed by atoms with Crippen molar-refractivity contribution in [2.24, 2.45) is 7.05 Å². The Bertz CT molecular complexity index is 739. The van der Waals surface area contributed by atoms with E-state index in [9.17, 15) is 9.19 Å². The molecule has 0 fully saturated rings. The number of imidazole rings is 1. The topological polar surface area (TPSA) is 38.0 Å². The van der Waals surface area contributed by atoms with E-state index in [1.54, 1.807) is 12.1 Å². The molecule has 0 spiro atoms. The number of fused-ring (bicyclic) bond motifs is 1. The van der Waals surface area contributed by atoms with E-state index in [1.807, 2.05) is 35.9 Å². The molecule has 0 amide bonds. The zero-order chi connectivity index (χ0) is 14.1. The quantitative estimate of drug-likeness (QED) is 0.744. The third-order valence-electron chi connectivity index (χ3n) is 3.33. The molecule has 0 aliphatic carbocycles.